The summed E-state index contributed by atoms with van der Waals surface area (Å²) in [6, 6.07) is 6.31. The van der Waals surface area contributed by atoms with E-state index in [1.54, 1.807) is 23.1 Å². The third-order valence-electron chi connectivity index (χ3n) is 3.57. The standard InChI is InChI=1S/C15H21FN2O/c1-10(2)14(17)15(19)18(12-7-8-12)9-11-5-3-4-6-13(11)16/h3-6,10,12,14H,7-9,17H2,1-2H3/t14-/m1/s1. The molecule has 104 valence electrons. The summed E-state index contributed by atoms with van der Waals surface area (Å²) in [7, 11) is 0. The van der Waals surface area contributed by atoms with Gasteiger partial charge in [0.15, 0.2) is 0 Å². The van der Waals surface area contributed by atoms with Crippen molar-refractivity contribution in [3.05, 3.63) is 35.6 Å². The number of nitrogens with two attached hydrogens (primary N) is 1. The highest BCUT2D eigenvalue weighted by Gasteiger charge is 2.35. The fourth-order valence-electron chi connectivity index (χ4n) is 2.06. The van der Waals surface area contributed by atoms with Crippen LogP contribution in [0.5, 0.6) is 0 Å². The van der Waals surface area contributed by atoms with Gasteiger partial charge in [0, 0.05) is 18.2 Å². The van der Waals surface area contributed by atoms with Crippen molar-refractivity contribution in [2.75, 3.05) is 0 Å². The van der Waals surface area contributed by atoms with Crippen LogP contribution in [0, 0.1) is 11.7 Å². The first-order chi connectivity index (χ1) is 9.00. The van der Waals surface area contributed by atoms with Crippen molar-refractivity contribution in [3.8, 4) is 0 Å². The van der Waals surface area contributed by atoms with Crippen molar-refractivity contribution in [2.24, 2.45) is 11.7 Å². The number of nitrogens with zero attached hydrogens (tertiary/aromatic N) is 1. The van der Waals surface area contributed by atoms with E-state index in [1.807, 2.05) is 13.8 Å². The van der Waals surface area contributed by atoms with Gasteiger partial charge in [-0.25, -0.2) is 4.39 Å². The Labute approximate surface area is 113 Å². The monoisotopic (exact) mass is 264 g/mol. The van der Waals surface area contributed by atoms with Crippen LogP contribution in [0.3, 0.4) is 0 Å². The Morgan fingerprint density at radius 2 is 2.05 bits per heavy atom. The first-order valence-electron chi connectivity index (χ1n) is 6.80. The number of carbonyl (C=O) groups is 1. The number of halogens is 1. The van der Waals surface area contributed by atoms with E-state index in [-0.39, 0.29) is 23.7 Å². The zero-order chi connectivity index (χ0) is 14.0. The van der Waals surface area contributed by atoms with Gasteiger partial charge in [-0.05, 0) is 24.8 Å². The Balaban J connectivity index is 2.13. The average Bonchev–Trinajstić information content (AvgIpc) is 3.20. The second-order valence-corrected chi connectivity index (χ2v) is 5.56. The summed E-state index contributed by atoms with van der Waals surface area (Å²) < 4.78 is 13.7. The normalized spacial score (nSPS) is 16.5. The molecule has 1 amide bonds. The smallest absolute Gasteiger partial charge is 0.240 e. The van der Waals surface area contributed by atoms with Crippen LogP contribution in [0.15, 0.2) is 24.3 Å². The van der Waals surface area contributed by atoms with Gasteiger partial charge >= 0.3 is 0 Å². The Hall–Kier alpha value is -1.42. The van der Waals surface area contributed by atoms with Crippen LogP contribution in [-0.2, 0) is 11.3 Å². The van der Waals surface area contributed by atoms with Gasteiger partial charge in [-0.15, -0.1) is 0 Å². The van der Waals surface area contributed by atoms with E-state index in [4.69, 9.17) is 5.73 Å². The highest BCUT2D eigenvalue weighted by molar-refractivity contribution is 5.82. The third-order valence-corrected chi connectivity index (χ3v) is 3.57. The molecule has 1 aliphatic carbocycles. The van der Waals surface area contributed by atoms with Crippen LogP contribution in [0.4, 0.5) is 4.39 Å². The van der Waals surface area contributed by atoms with Gasteiger partial charge in [-0.3, -0.25) is 4.79 Å². The molecule has 0 spiro atoms. The Morgan fingerprint density at radius 1 is 1.42 bits per heavy atom. The van der Waals surface area contributed by atoms with Gasteiger partial charge in [0.2, 0.25) is 5.91 Å². The molecule has 1 aliphatic rings. The summed E-state index contributed by atoms with van der Waals surface area (Å²) in [5.41, 5.74) is 6.49. The first-order valence-corrected chi connectivity index (χ1v) is 6.80. The lowest BCUT2D eigenvalue weighted by Crippen LogP contribution is -2.47. The van der Waals surface area contributed by atoms with Crippen molar-refractivity contribution >= 4 is 5.91 Å². The van der Waals surface area contributed by atoms with Crippen molar-refractivity contribution in [1.82, 2.24) is 4.90 Å². The van der Waals surface area contributed by atoms with Crippen LogP contribution in [-0.4, -0.2) is 22.9 Å². The Morgan fingerprint density at radius 3 is 2.58 bits per heavy atom. The first kappa shape index (κ1) is 14.0. The summed E-state index contributed by atoms with van der Waals surface area (Å²) in [5, 5.41) is 0. The maximum Gasteiger partial charge on any atom is 0.240 e. The highest BCUT2D eigenvalue weighted by atomic mass is 19.1. The van der Waals surface area contributed by atoms with Gasteiger partial charge < -0.3 is 10.6 Å². The summed E-state index contributed by atoms with van der Waals surface area (Å²) in [4.78, 5) is 14.1. The molecule has 0 heterocycles. The Bertz CT molecular complexity index is 457. The van der Waals surface area contributed by atoms with E-state index in [0.29, 0.717) is 12.1 Å². The largest absolute Gasteiger partial charge is 0.334 e. The average molecular weight is 264 g/mol. The van der Waals surface area contributed by atoms with Crippen LogP contribution in [0.1, 0.15) is 32.3 Å². The maximum atomic E-state index is 13.7. The second-order valence-electron chi connectivity index (χ2n) is 5.56. The number of benzene rings is 1. The molecule has 2 rings (SSSR count). The van der Waals surface area contributed by atoms with Crippen molar-refractivity contribution in [3.63, 3.8) is 0 Å². The molecule has 4 heteroatoms. The molecule has 0 bridgehead atoms. The van der Waals surface area contributed by atoms with Crippen molar-refractivity contribution in [2.45, 2.75) is 45.3 Å². The molecule has 1 aromatic carbocycles. The molecule has 0 saturated heterocycles. The van der Waals surface area contributed by atoms with E-state index < -0.39 is 6.04 Å². The van der Waals surface area contributed by atoms with Crippen LogP contribution in [0.2, 0.25) is 0 Å². The molecule has 0 aliphatic heterocycles. The van der Waals surface area contributed by atoms with E-state index in [2.05, 4.69) is 0 Å². The van der Waals surface area contributed by atoms with Crippen molar-refractivity contribution in [1.29, 1.82) is 0 Å². The topological polar surface area (TPSA) is 46.3 Å². The lowest BCUT2D eigenvalue weighted by atomic mass is 10.0. The molecule has 1 saturated carbocycles. The second kappa shape index (κ2) is 5.70. The van der Waals surface area contributed by atoms with E-state index in [9.17, 15) is 9.18 Å². The number of carbonyl (C=O) groups excluding carboxylic acids is 1. The lowest BCUT2D eigenvalue weighted by molar-refractivity contribution is -0.134. The van der Waals surface area contributed by atoms with E-state index in [1.165, 1.54) is 6.07 Å². The van der Waals surface area contributed by atoms with Crippen molar-refractivity contribution < 1.29 is 9.18 Å². The van der Waals surface area contributed by atoms with Gasteiger partial charge in [0.25, 0.3) is 0 Å². The van der Waals surface area contributed by atoms with Gasteiger partial charge in [-0.1, -0.05) is 32.0 Å². The summed E-state index contributed by atoms with van der Waals surface area (Å²) in [6.07, 6.45) is 1.98. The molecule has 1 atom stereocenters. The zero-order valence-corrected chi connectivity index (χ0v) is 11.5. The SMILES string of the molecule is CC(C)[C@@H](N)C(=O)N(Cc1ccccc1F)C1CC1. The minimum absolute atomic E-state index is 0.0687. The van der Waals surface area contributed by atoms with Crippen LogP contribution in [0.25, 0.3) is 0 Å². The highest BCUT2D eigenvalue weighted by Crippen LogP contribution is 2.29. The summed E-state index contributed by atoms with van der Waals surface area (Å²) in [5.74, 6) is -0.241. The molecule has 0 aromatic heterocycles. The molecule has 19 heavy (non-hydrogen) atoms. The number of hydrogen-bond acceptors (Lipinski definition) is 2. The fourth-order valence-corrected chi connectivity index (χ4v) is 2.06. The van der Waals surface area contributed by atoms with Gasteiger partial charge in [0.05, 0.1) is 6.04 Å². The summed E-state index contributed by atoms with van der Waals surface area (Å²) >= 11 is 0. The van der Waals surface area contributed by atoms with E-state index >= 15 is 0 Å². The molecule has 1 aromatic rings. The molecule has 3 nitrogen and oxygen atoms in total. The molecular weight excluding hydrogens is 243 g/mol. The number of amides is 1. The number of rotatable bonds is 5. The summed E-state index contributed by atoms with van der Waals surface area (Å²) in [6.45, 7) is 4.17. The van der Waals surface area contributed by atoms with Gasteiger partial charge in [-0.2, -0.15) is 0 Å². The molecule has 1 fully saturated rings. The molecular formula is C15H21FN2O. The molecule has 0 radical (unpaired) electrons. The molecule has 2 N–H and O–H groups in total. The minimum atomic E-state index is -0.507. The zero-order valence-electron chi connectivity index (χ0n) is 11.5. The third kappa shape index (κ3) is 3.32. The quantitative estimate of drug-likeness (QED) is 0.887. The minimum Gasteiger partial charge on any atom is -0.334 e. The maximum absolute atomic E-state index is 13.7. The van der Waals surface area contributed by atoms with Gasteiger partial charge in [0.1, 0.15) is 5.82 Å². The predicted molar refractivity (Wildman–Crippen MR) is 72.8 cm³/mol. The molecule has 0 unspecified atom stereocenters. The van der Waals surface area contributed by atoms with E-state index in [0.717, 1.165) is 12.8 Å². The predicted octanol–water partition coefficient (Wildman–Crippen LogP) is 2.30. The van der Waals surface area contributed by atoms with Crippen LogP contribution < -0.4 is 5.73 Å². The lowest BCUT2D eigenvalue weighted by Gasteiger charge is -2.27. The number of hydrogen-bond donors (Lipinski definition) is 1. The van der Waals surface area contributed by atoms with Crippen LogP contribution >= 0.6 is 0 Å². The Kier molecular flexibility index (Phi) is 4.20. The fraction of sp³-hybridized carbons (Fsp3) is 0.533.